The lowest BCUT2D eigenvalue weighted by Crippen LogP contribution is -2.46. The van der Waals surface area contributed by atoms with Gasteiger partial charge in [0.2, 0.25) is 0 Å². The maximum atomic E-state index is 8.94. The maximum absolute atomic E-state index is 8.94. The van der Waals surface area contributed by atoms with E-state index in [2.05, 4.69) is 25.7 Å². The minimum atomic E-state index is -0.427. The number of hydrogen-bond donors (Lipinski definition) is 1. The summed E-state index contributed by atoms with van der Waals surface area (Å²) >= 11 is 0. The third-order valence-corrected chi connectivity index (χ3v) is 4.39. The van der Waals surface area contributed by atoms with Crippen molar-refractivity contribution < 1.29 is 10.1 Å². The summed E-state index contributed by atoms with van der Waals surface area (Å²) in [6.07, 6.45) is 4.70. The zero-order valence-electron chi connectivity index (χ0n) is 10.2. The zero-order chi connectivity index (χ0) is 11.0. The summed E-state index contributed by atoms with van der Waals surface area (Å²) in [5, 5.41) is 8.94. The largest absolute Gasteiger partial charge is 0.251 e. The van der Waals surface area contributed by atoms with E-state index in [4.69, 9.17) is 5.26 Å². The van der Waals surface area contributed by atoms with Crippen molar-refractivity contribution in [1.29, 1.82) is 0 Å². The molecule has 0 spiro atoms. The second kappa shape index (κ2) is 3.49. The Hall–Kier alpha value is -0.0800. The lowest BCUT2D eigenvalue weighted by atomic mass is 9.60. The van der Waals surface area contributed by atoms with Gasteiger partial charge in [-0.2, -0.15) is 0 Å². The molecule has 0 amide bonds. The summed E-state index contributed by atoms with van der Waals surface area (Å²) in [6.45, 7) is 10.8. The highest BCUT2D eigenvalue weighted by atomic mass is 17.1. The van der Waals surface area contributed by atoms with E-state index in [0.717, 1.165) is 12.8 Å². The van der Waals surface area contributed by atoms with E-state index in [-0.39, 0.29) is 5.41 Å². The summed E-state index contributed by atoms with van der Waals surface area (Å²) in [4.78, 5) is 4.65. The van der Waals surface area contributed by atoms with Crippen LogP contribution in [-0.2, 0) is 4.89 Å². The van der Waals surface area contributed by atoms with Gasteiger partial charge < -0.3 is 0 Å². The van der Waals surface area contributed by atoms with Gasteiger partial charge in [0.15, 0.2) is 0 Å². The Morgan fingerprint density at radius 3 is 1.79 bits per heavy atom. The minimum Gasteiger partial charge on any atom is -0.251 e. The Kier molecular flexibility index (Phi) is 2.99. The van der Waals surface area contributed by atoms with Crippen LogP contribution in [0, 0.1) is 10.8 Å². The summed E-state index contributed by atoms with van der Waals surface area (Å²) in [5.74, 6) is 0. The van der Waals surface area contributed by atoms with E-state index in [9.17, 15) is 0 Å². The molecule has 2 heteroatoms. The van der Waals surface area contributed by atoms with Crippen LogP contribution in [0.5, 0.6) is 0 Å². The molecule has 1 fully saturated rings. The standard InChI is InChI=1S/C12H24O2/c1-10(2)6-8-12(5,9-7-10)11(3,4)14-13/h13H,6-9H2,1-5H3. The Balaban J connectivity index is 2.71. The van der Waals surface area contributed by atoms with Gasteiger partial charge in [0.25, 0.3) is 0 Å². The van der Waals surface area contributed by atoms with E-state index >= 15 is 0 Å². The molecule has 0 aromatic carbocycles. The highest BCUT2D eigenvalue weighted by Gasteiger charge is 2.46. The Labute approximate surface area is 87.6 Å². The molecule has 0 bridgehead atoms. The third kappa shape index (κ3) is 2.12. The van der Waals surface area contributed by atoms with Gasteiger partial charge in [0.1, 0.15) is 5.60 Å². The summed E-state index contributed by atoms with van der Waals surface area (Å²) in [6, 6.07) is 0. The molecule has 1 aliphatic rings. The van der Waals surface area contributed by atoms with Crippen LogP contribution < -0.4 is 0 Å². The van der Waals surface area contributed by atoms with E-state index in [1.165, 1.54) is 12.8 Å². The molecule has 0 aliphatic heterocycles. The van der Waals surface area contributed by atoms with Crippen LogP contribution in [0.15, 0.2) is 0 Å². The van der Waals surface area contributed by atoms with Gasteiger partial charge >= 0.3 is 0 Å². The van der Waals surface area contributed by atoms with Gasteiger partial charge in [0, 0.05) is 0 Å². The smallest absolute Gasteiger partial charge is 0.103 e. The van der Waals surface area contributed by atoms with E-state index in [0.29, 0.717) is 5.41 Å². The van der Waals surface area contributed by atoms with Crippen molar-refractivity contribution in [3.05, 3.63) is 0 Å². The Morgan fingerprint density at radius 1 is 1.00 bits per heavy atom. The average molecular weight is 200 g/mol. The molecule has 2 nitrogen and oxygen atoms in total. The topological polar surface area (TPSA) is 29.5 Å². The first-order valence-electron chi connectivity index (χ1n) is 5.55. The van der Waals surface area contributed by atoms with Gasteiger partial charge in [-0.1, -0.05) is 20.8 Å². The molecule has 1 aliphatic carbocycles. The molecule has 1 rings (SSSR count). The fourth-order valence-corrected chi connectivity index (χ4v) is 2.19. The second-order valence-electron chi connectivity index (χ2n) is 6.33. The molecular formula is C12H24O2. The zero-order valence-corrected chi connectivity index (χ0v) is 10.2. The Morgan fingerprint density at radius 2 is 1.43 bits per heavy atom. The molecule has 84 valence electrons. The molecule has 1 saturated carbocycles. The molecule has 1 N–H and O–H groups in total. The van der Waals surface area contributed by atoms with Crippen LogP contribution in [0.1, 0.15) is 60.3 Å². The molecule has 14 heavy (non-hydrogen) atoms. The van der Waals surface area contributed by atoms with Crippen molar-refractivity contribution >= 4 is 0 Å². The highest BCUT2D eigenvalue weighted by molar-refractivity contribution is 4.95. The first-order valence-corrected chi connectivity index (χ1v) is 5.55. The van der Waals surface area contributed by atoms with Crippen LogP contribution in [-0.4, -0.2) is 10.9 Å². The van der Waals surface area contributed by atoms with Crippen molar-refractivity contribution in [1.82, 2.24) is 0 Å². The van der Waals surface area contributed by atoms with Crippen LogP contribution in [0.4, 0.5) is 0 Å². The summed E-state index contributed by atoms with van der Waals surface area (Å²) < 4.78 is 0. The predicted octanol–water partition coefficient (Wildman–Crippen LogP) is 3.86. The SMILES string of the molecule is CC1(C)CCC(C)(C(C)(C)OO)CC1. The molecule has 0 aromatic rings. The first-order chi connectivity index (χ1) is 6.22. The number of hydrogen-bond acceptors (Lipinski definition) is 2. The number of rotatable bonds is 2. The molecule has 0 atom stereocenters. The lowest BCUT2D eigenvalue weighted by Gasteiger charge is -2.48. The predicted molar refractivity (Wildman–Crippen MR) is 58.1 cm³/mol. The van der Waals surface area contributed by atoms with Crippen molar-refractivity contribution in [3.8, 4) is 0 Å². The molecular weight excluding hydrogens is 176 g/mol. The Bertz CT molecular complexity index is 196. The normalized spacial score (nSPS) is 26.1. The van der Waals surface area contributed by atoms with Crippen molar-refractivity contribution in [3.63, 3.8) is 0 Å². The molecule has 0 saturated heterocycles. The van der Waals surface area contributed by atoms with E-state index in [1.54, 1.807) is 0 Å². The van der Waals surface area contributed by atoms with Crippen LogP contribution in [0.2, 0.25) is 0 Å². The van der Waals surface area contributed by atoms with Crippen molar-refractivity contribution in [2.75, 3.05) is 0 Å². The van der Waals surface area contributed by atoms with Gasteiger partial charge in [0.05, 0.1) is 0 Å². The van der Waals surface area contributed by atoms with Crippen LogP contribution >= 0.6 is 0 Å². The molecule has 0 radical (unpaired) electrons. The van der Waals surface area contributed by atoms with Crippen molar-refractivity contribution in [2.24, 2.45) is 10.8 Å². The monoisotopic (exact) mass is 200 g/mol. The van der Waals surface area contributed by atoms with E-state index in [1.807, 2.05) is 13.8 Å². The third-order valence-electron chi connectivity index (χ3n) is 4.39. The summed E-state index contributed by atoms with van der Waals surface area (Å²) in [7, 11) is 0. The first kappa shape index (κ1) is 12.0. The van der Waals surface area contributed by atoms with Gasteiger partial charge in [-0.3, -0.25) is 5.26 Å². The van der Waals surface area contributed by atoms with Crippen LogP contribution in [0.3, 0.4) is 0 Å². The quantitative estimate of drug-likeness (QED) is 0.541. The maximum Gasteiger partial charge on any atom is 0.103 e. The average Bonchev–Trinajstić information content (AvgIpc) is 2.10. The van der Waals surface area contributed by atoms with E-state index < -0.39 is 5.60 Å². The summed E-state index contributed by atoms with van der Waals surface area (Å²) in [5.41, 5.74) is 0.145. The highest BCUT2D eigenvalue weighted by Crippen LogP contribution is 2.50. The molecule has 0 unspecified atom stereocenters. The fraction of sp³-hybridized carbons (Fsp3) is 1.00. The van der Waals surface area contributed by atoms with Crippen LogP contribution in [0.25, 0.3) is 0 Å². The minimum absolute atomic E-state index is 0.108. The molecule has 0 aromatic heterocycles. The van der Waals surface area contributed by atoms with Crippen molar-refractivity contribution in [2.45, 2.75) is 65.9 Å². The second-order valence-corrected chi connectivity index (χ2v) is 6.33. The van der Waals surface area contributed by atoms with Gasteiger partial charge in [-0.05, 0) is 50.4 Å². The van der Waals surface area contributed by atoms with Gasteiger partial charge in [-0.15, -0.1) is 0 Å². The fourth-order valence-electron chi connectivity index (χ4n) is 2.19. The van der Waals surface area contributed by atoms with Gasteiger partial charge in [-0.25, -0.2) is 4.89 Å². The molecule has 0 heterocycles. The lowest BCUT2D eigenvalue weighted by molar-refractivity contribution is -0.345.